The average molecular weight is 254 g/mol. The van der Waals surface area contributed by atoms with Crippen molar-refractivity contribution in [2.45, 2.75) is 12.8 Å². The number of hydrogen-bond donors (Lipinski definition) is 2. The maximum Gasteiger partial charge on any atom is 0.336 e. The minimum absolute atomic E-state index is 0.267. The van der Waals surface area contributed by atoms with Crippen LogP contribution in [0, 0.1) is 12.3 Å². The van der Waals surface area contributed by atoms with E-state index >= 15 is 0 Å². The highest BCUT2D eigenvalue weighted by Crippen LogP contribution is 2.19. The van der Waals surface area contributed by atoms with Crippen LogP contribution in [0.25, 0.3) is 10.9 Å². The van der Waals surface area contributed by atoms with Gasteiger partial charge in [0.25, 0.3) is 0 Å². The Labute approximate surface area is 111 Å². The van der Waals surface area contributed by atoms with Gasteiger partial charge in [0, 0.05) is 18.4 Å². The number of nitrogens with one attached hydrogen (secondary N) is 1. The minimum atomic E-state index is -0.942. The molecule has 1 aromatic carbocycles. The molecule has 0 aliphatic heterocycles. The van der Waals surface area contributed by atoms with Gasteiger partial charge in [-0.2, -0.15) is 0 Å². The number of anilines is 1. The topological polar surface area (TPSA) is 62.2 Å². The van der Waals surface area contributed by atoms with Crippen molar-refractivity contribution in [1.29, 1.82) is 0 Å². The molecule has 0 fully saturated rings. The van der Waals surface area contributed by atoms with Crippen LogP contribution in [0.2, 0.25) is 0 Å². The Morgan fingerprint density at radius 2 is 2.21 bits per heavy atom. The smallest absolute Gasteiger partial charge is 0.336 e. The summed E-state index contributed by atoms with van der Waals surface area (Å²) in [6.07, 6.45) is 6.78. The van der Waals surface area contributed by atoms with Crippen molar-refractivity contribution in [3.05, 3.63) is 35.9 Å². The normalized spacial score (nSPS) is 10.1. The molecule has 0 saturated heterocycles. The van der Waals surface area contributed by atoms with Gasteiger partial charge in [-0.05, 0) is 30.7 Å². The first-order chi connectivity index (χ1) is 9.22. The predicted octanol–water partition coefficient (Wildman–Crippen LogP) is 2.76. The van der Waals surface area contributed by atoms with Crippen LogP contribution >= 0.6 is 0 Å². The highest BCUT2D eigenvalue weighted by molar-refractivity contribution is 6.02. The van der Waals surface area contributed by atoms with E-state index in [4.69, 9.17) is 11.5 Å². The predicted molar refractivity (Wildman–Crippen MR) is 75.3 cm³/mol. The second-order valence-corrected chi connectivity index (χ2v) is 4.11. The number of benzene rings is 1. The van der Waals surface area contributed by atoms with Crippen molar-refractivity contribution < 1.29 is 9.90 Å². The SMILES string of the molecule is C#CCCCNc1ccc2c(C(=O)O)cccc2n1. The molecule has 1 aromatic heterocycles. The van der Waals surface area contributed by atoms with E-state index in [1.54, 1.807) is 30.3 Å². The molecule has 0 atom stereocenters. The number of carbonyl (C=O) groups is 1. The number of unbranched alkanes of at least 4 members (excludes halogenated alkanes) is 1. The third kappa shape index (κ3) is 3.02. The number of fused-ring (bicyclic) bond motifs is 1. The number of terminal acetylenes is 1. The molecule has 0 saturated carbocycles. The molecule has 0 radical (unpaired) electrons. The summed E-state index contributed by atoms with van der Waals surface area (Å²) in [5.41, 5.74) is 0.936. The summed E-state index contributed by atoms with van der Waals surface area (Å²) < 4.78 is 0. The van der Waals surface area contributed by atoms with Gasteiger partial charge < -0.3 is 10.4 Å². The Kier molecular flexibility index (Phi) is 3.99. The van der Waals surface area contributed by atoms with Gasteiger partial charge >= 0.3 is 5.97 Å². The summed E-state index contributed by atoms with van der Waals surface area (Å²) >= 11 is 0. The fourth-order valence-corrected chi connectivity index (χ4v) is 1.85. The quantitative estimate of drug-likeness (QED) is 0.636. The molecule has 4 nitrogen and oxygen atoms in total. The molecular formula is C15H14N2O2. The molecule has 1 heterocycles. The Morgan fingerprint density at radius 1 is 1.37 bits per heavy atom. The molecule has 0 bridgehead atoms. The first-order valence-electron chi connectivity index (χ1n) is 6.03. The molecule has 2 rings (SSSR count). The molecule has 0 aliphatic carbocycles. The zero-order chi connectivity index (χ0) is 13.7. The zero-order valence-electron chi connectivity index (χ0n) is 10.4. The molecule has 96 valence electrons. The van der Waals surface area contributed by atoms with E-state index in [0.717, 1.165) is 25.2 Å². The third-order valence-corrected chi connectivity index (χ3v) is 2.77. The lowest BCUT2D eigenvalue weighted by atomic mass is 10.1. The van der Waals surface area contributed by atoms with Crippen LogP contribution < -0.4 is 5.32 Å². The van der Waals surface area contributed by atoms with Gasteiger partial charge in [-0.3, -0.25) is 0 Å². The van der Waals surface area contributed by atoms with Crippen LogP contribution in [-0.2, 0) is 0 Å². The van der Waals surface area contributed by atoms with E-state index in [1.165, 1.54) is 0 Å². The van der Waals surface area contributed by atoms with Crippen molar-refractivity contribution in [2.75, 3.05) is 11.9 Å². The van der Waals surface area contributed by atoms with Crippen LogP contribution in [0.3, 0.4) is 0 Å². The zero-order valence-corrected chi connectivity index (χ0v) is 10.4. The van der Waals surface area contributed by atoms with Gasteiger partial charge in [-0.25, -0.2) is 9.78 Å². The van der Waals surface area contributed by atoms with E-state index < -0.39 is 5.97 Å². The number of hydrogen-bond acceptors (Lipinski definition) is 3. The second-order valence-electron chi connectivity index (χ2n) is 4.11. The Morgan fingerprint density at radius 3 is 2.95 bits per heavy atom. The Hall–Kier alpha value is -2.54. The van der Waals surface area contributed by atoms with Gasteiger partial charge in [-0.1, -0.05) is 6.07 Å². The molecule has 0 aliphatic rings. The summed E-state index contributed by atoms with van der Waals surface area (Å²) in [7, 11) is 0. The first-order valence-corrected chi connectivity index (χ1v) is 6.03. The van der Waals surface area contributed by atoms with Crippen molar-refractivity contribution in [2.24, 2.45) is 0 Å². The van der Waals surface area contributed by atoms with Crippen LogP contribution in [0.1, 0.15) is 23.2 Å². The number of aromatic nitrogens is 1. The molecule has 2 N–H and O–H groups in total. The molecule has 0 unspecified atom stereocenters. The number of pyridine rings is 1. The number of carboxylic acid groups (broad SMARTS) is 1. The monoisotopic (exact) mass is 254 g/mol. The maximum absolute atomic E-state index is 11.1. The maximum atomic E-state index is 11.1. The van der Waals surface area contributed by atoms with Gasteiger partial charge in [-0.15, -0.1) is 12.3 Å². The highest BCUT2D eigenvalue weighted by atomic mass is 16.4. The van der Waals surface area contributed by atoms with Crippen LogP contribution in [0.5, 0.6) is 0 Å². The number of carboxylic acids is 1. The number of rotatable bonds is 5. The van der Waals surface area contributed by atoms with Gasteiger partial charge in [0.1, 0.15) is 5.82 Å². The van der Waals surface area contributed by atoms with Gasteiger partial charge in [0.15, 0.2) is 0 Å². The number of aromatic carboxylic acids is 1. The largest absolute Gasteiger partial charge is 0.478 e. The minimum Gasteiger partial charge on any atom is -0.478 e. The standard InChI is InChI=1S/C15H14N2O2/c1-2-3-4-10-16-14-9-8-11-12(15(18)19)6-5-7-13(11)17-14/h1,5-9H,3-4,10H2,(H,16,17)(H,18,19). The van der Waals surface area contributed by atoms with Crippen LogP contribution in [0.15, 0.2) is 30.3 Å². The van der Waals surface area contributed by atoms with E-state index in [9.17, 15) is 4.79 Å². The van der Waals surface area contributed by atoms with Crippen LogP contribution in [0.4, 0.5) is 5.82 Å². The lowest BCUT2D eigenvalue weighted by molar-refractivity contribution is 0.0699. The van der Waals surface area contributed by atoms with Gasteiger partial charge in [0.05, 0.1) is 11.1 Å². The molecular weight excluding hydrogens is 240 g/mol. The van der Waals surface area contributed by atoms with Crippen molar-refractivity contribution in [3.63, 3.8) is 0 Å². The summed E-state index contributed by atoms with van der Waals surface area (Å²) in [5.74, 6) is 2.36. The summed E-state index contributed by atoms with van der Waals surface area (Å²) in [6, 6.07) is 8.63. The molecule has 19 heavy (non-hydrogen) atoms. The highest BCUT2D eigenvalue weighted by Gasteiger charge is 2.08. The summed E-state index contributed by atoms with van der Waals surface area (Å²) in [4.78, 5) is 15.5. The Bertz CT molecular complexity index is 644. The van der Waals surface area contributed by atoms with Gasteiger partial charge in [0.2, 0.25) is 0 Å². The van der Waals surface area contributed by atoms with E-state index in [-0.39, 0.29) is 5.56 Å². The average Bonchev–Trinajstić information content (AvgIpc) is 2.42. The fourth-order valence-electron chi connectivity index (χ4n) is 1.85. The van der Waals surface area contributed by atoms with Crippen molar-refractivity contribution >= 4 is 22.7 Å². The summed E-state index contributed by atoms with van der Waals surface area (Å²) in [5, 5.41) is 12.9. The van der Waals surface area contributed by atoms with E-state index in [0.29, 0.717) is 10.9 Å². The van der Waals surface area contributed by atoms with E-state index in [1.807, 2.05) is 0 Å². The molecule has 0 spiro atoms. The third-order valence-electron chi connectivity index (χ3n) is 2.77. The van der Waals surface area contributed by atoms with E-state index in [2.05, 4.69) is 16.2 Å². The van der Waals surface area contributed by atoms with Crippen molar-refractivity contribution in [1.82, 2.24) is 4.98 Å². The van der Waals surface area contributed by atoms with Crippen molar-refractivity contribution in [3.8, 4) is 12.3 Å². The first kappa shape index (κ1) is 12.9. The number of nitrogens with zero attached hydrogens (tertiary/aromatic N) is 1. The lowest BCUT2D eigenvalue weighted by Crippen LogP contribution is -2.04. The molecule has 0 amide bonds. The van der Waals surface area contributed by atoms with Crippen LogP contribution in [-0.4, -0.2) is 22.6 Å². The molecule has 2 aromatic rings. The summed E-state index contributed by atoms with van der Waals surface area (Å²) in [6.45, 7) is 0.751. The fraction of sp³-hybridized carbons (Fsp3) is 0.200. The second kappa shape index (κ2) is 5.87. The molecule has 4 heteroatoms. The Balaban J connectivity index is 2.22. The lowest BCUT2D eigenvalue weighted by Gasteiger charge is -2.07.